The fraction of sp³-hybridized carbons (Fsp3) is 0. The highest BCUT2D eigenvalue weighted by Gasteiger charge is 2.32. The molecule has 2 heteroatoms. The average Bonchev–Trinajstić information content (AvgIpc) is 3.01. The van der Waals surface area contributed by atoms with Crippen molar-refractivity contribution in [1.82, 2.24) is 0 Å². The molecule has 0 bridgehead atoms. The first kappa shape index (κ1) is 23.8. The summed E-state index contributed by atoms with van der Waals surface area (Å²) in [6.07, 6.45) is 0. The molecule has 6 aromatic carbocycles. The topological polar surface area (TPSA) is 12.0 Å². The molecule has 6 rings (SSSR count). The second kappa shape index (κ2) is 10.8. The van der Waals surface area contributed by atoms with Crippen molar-refractivity contribution in [2.75, 3.05) is 5.32 Å². The molecule has 6 aromatic rings. The summed E-state index contributed by atoms with van der Waals surface area (Å²) in [7, 11) is -1.68. The van der Waals surface area contributed by atoms with Gasteiger partial charge in [0.2, 0.25) is 0 Å². The molecule has 0 aromatic heterocycles. The van der Waals surface area contributed by atoms with E-state index >= 15 is 0 Å². The smallest absolute Gasteiger partial charge is 0.0463 e. The Hall–Kier alpha value is -4.53. The van der Waals surface area contributed by atoms with Gasteiger partial charge in [0.1, 0.15) is 0 Å². The number of para-hydroxylation sites is 1. The minimum Gasteiger partial charge on any atom is -0.355 e. The molecular formula is C36H29NS. The maximum Gasteiger partial charge on any atom is 0.0463 e. The van der Waals surface area contributed by atoms with Crippen molar-refractivity contribution < 1.29 is 0 Å². The van der Waals surface area contributed by atoms with Crippen LogP contribution in [0.15, 0.2) is 189 Å². The molecule has 0 saturated heterocycles. The lowest BCUT2D eigenvalue weighted by Crippen LogP contribution is -2.05. The summed E-state index contributed by atoms with van der Waals surface area (Å²) >= 11 is 0. The van der Waals surface area contributed by atoms with Crippen LogP contribution in [0.3, 0.4) is 0 Å². The summed E-state index contributed by atoms with van der Waals surface area (Å²) in [5, 5.41) is 3.68. The quantitative estimate of drug-likeness (QED) is 0.227. The van der Waals surface area contributed by atoms with E-state index in [0.717, 1.165) is 11.4 Å². The molecule has 0 spiro atoms. The van der Waals surface area contributed by atoms with E-state index in [-0.39, 0.29) is 0 Å². The summed E-state index contributed by atoms with van der Waals surface area (Å²) in [4.78, 5) is 5.29. The van der Waals surface area contributed by atoms with E-state index in [1.807, 2.05) is 0 Å². The van der Waals surface area contributed by atoms with E-state index in [4.69, 9.17) is 0 Å². The zero-order chi connectivity index (χ0) is 25.6. The van der Waals surface area contributed by atoms with Crippen LogP contribution in [0.5, 0.6) is 0 Å². The van der Waals surface area contributed by atoms with Gasteiger partial charge in [-0.2, -0.15) is 0 Å². The number of hydrogen-bond donors (Lipinski definition) is 1. The number of rotatable bonds is 7. The Bertz CT molecular complexity index is 1500. The van der Waals surface area contributed by atoms with Gasteiger partial charge in [-0.05, 0) is 72.3 Å². The van der Waals surface area contributed by atoms with Crippen molar-refractivity contribution in [3.8, 4) is 11.1 Å². The lowest BCUT2D eigenvalue weighted by atomic mass is 10.0. The third-order valence-electron chi connectivity index (χ3n) is 6.79. The molecule has 0 saturated carbocycles. The lowest BCUT2D eigenvalue weighted by molar-refractivity contribution is 1.24. The van der Waals surface area contributed by atoms with Gasteiger partial charge in [0, 0.05) is 36.5 Å². The molecule has 0 heterocycles. The minimum absolute atomic E-state index is 1.07. The first-order chi connectivity index (χ1) is 18.9. The van der Waals surface area contributed by atoms with Crippen LogP contribution in [0.2, 0.25) is 0 Å². The van der Waals surface area contributed by atoms with Crippen LogP contribution < -0.4 is 5.32 Å². The Balaban J connectivity index is 1.46. The largest absolute Gasteiger partial charge is 0.355 e. The van der Waals surface area contributed by atoms with Crippen molar-refractivity contribution in [1.29, 1.82) is 0 Å². The molecule has 0 aliphatic carbocycles. The van der Waals surface area contributed by atoms with Crippen LogP contribution in [0.4, 0.5) is 11.4 Å². The number of nitrogens with one attached hydrogen (secondary N) is 1. The predicted molar refractivity (Wildman–Crippen MR) is 162 cm³/mol. The van der Waals surface area contributed by atoms with Gasteiger partial charge in [-0.25, -0.2) is 0 Å². The van der Waals surface area contributed by atoms with Crippen LogP contribution in [0, 0.1) is 0 Å². The molecular weight excluding hydrogens is 478 g/mol. The summed E-state index contributed by atoms with van der Waals surface area (Å²) in [6.45, 7) is 0. The molecule has 38 heavy (non-hydrogen) atoms. The van der Waals surface area contributed by atoms with Crippen LogP contribution >= 0.6 is 10.0 Å². The molecule has 0 radical (unpaired) electrons. The van der Waals surface area contributed by atoms with Crippen LogP contribution in [0.25, 0.3) is 11.1 Å². The third-order valence-corrected chi connectivity index (χ3v) is 10.7. The monoisotopic (exact) mass is 507 g/mol. The van der Waals surface area contributed by atoms with E-state index in [2.05, 4.69) is 175 Å². The van der Waals surface area contributed by atoms with Crippen molar-refractivity contribution in [2.24, 2.45) is 0 Å². The van der Waals surface area contributed by atoms with E-state index < -0.39 is 10.0 Å². The van der Waals surface area contributed by atoms with Gasteiger partial charge in [0.15, 0.2) is 0 Å². The Morgan fingerprint density at radius 1 is 0.342 bits per heavy atom. The van der Waals surface area contributed by atoms with Gasteiger partial charge in [-0.1, -0.05) is 103 Å². The van der Waals surface area contributed by atoms with Gasteiger partial charge in [-0.15, -0.1) is 10.0 Å². The first-order valence-corrected chi connectivity index (χ1v) is 14.5. The molecule has 0 aliphatic heterocycles. The maximum atomic E-state index is 3.68. The summed E-state index contributed by atoms with van der Waals surface area (Å²) in [5.41, 5.74) is 4.56. The highest BCUT2D eigenvalue weighted by atomic mass is 32.3. The van der Waals surface area contributed by atoms with E-state index in [0.29, 0.717) is 0 Å². The zero-order valence-electron chi connectivity index (χ0n) is 21.1. The van der Waals surface area contributed by atoms with Crippen LogP contribution in [0.1, 0.15) is 0 Å². The SMILES string of the molecule is c1ccc(-c2ccccc2Nc2ccc(S(c3ccccc3)(c3ccccc3)c3ccccc3)cc2)cc1. The number of hydrogen-bond acceptors (Lipinski definition) is 1. The molecule has 0 unspecified atom stereocenters. The van der Waals surface area contributed by atoms with Gasteiger partial charge in [-0.3, -0.25) is 0 Å². The van der Waals surface area contributed by atoms with E-state index in [9.17, 15) is 0 Å². The summed E-state index contributed by atoms with van der Waals surface area (Å²) < 4.78 is 0. The van der Waals surface area contributed by atoms with Gasteiger partial charge < -0.3 is 5.32 Å². The second-order valence-electron chi connectivity index (χ2n) is 9.11. The first-order valence-electron chi connectivity index (χ1n) is 12.9. The molecule has 1 N–H and O–H groups in total. The van der Waals surface area contributed by atoms with Crippen molar-refractivity contribution in [3.05, 3.63) is 170 Å². The van der Waals surface area contributed by atoms with Crippen LogP contribution in [-0.2, 0) is 0 Å². The number of anilines is 2. The van der Waals surface area contributed by atoms with Gasteiger partial charge >= 0.3 is 0 Å². The fourth-order valence-corrected chi connectivity index (χ4v) is 8.92. The second-order valence-corrected chi connectivity index (χ2v) is 12.2. The molecule has 0 amide bonds. The minimum atomic E-state index is -1.68. The van der Waals surface area contributed by atoms with Gasteiger partial charge in [0.05, 0.1) is 0 Å². The lowest BCUT2D eigenvalue weighted by Gasteiger charge is -2.42. The highest BCUT2D eigenvalue weighted by Crippen LogP contribution is 2.73. The van der Waals surface area contributed by atoms with Crippen LogP contribution in [-0.4, -0.2) is 0 Å². The third kappa shape index (κ3) is 4.51. The highest BCUT2D eigenvalue weighted by molar-refractivity contribution is 8.34. The number of benzene rings is 6. The standard InChI is InChI=1S/C36H29NS/c1-5-15-29(16-6-1)35-23-13-14-24-36(35)37-30-25-27-34(28-26-30)38(31-17-7-2-8-18-31,32-19-9-3-10-20-32)33-21-11-4-12-22-33/h1-28,37H. The predicted octanol–water partition coefficient (Wildman–Crippen LogP) is 10.4. The Morgan fingerprint density at radius 3 is 1.24 bits per heavy atom. The molecule has 184 valence electrons. The molecule has 0 fully saturated rings. The normalized spacial score (nSPS) is 11.6. The Labute approximate surface area is 226 Å². The average molecular weight is 508 g/mol. The van der Waals surface area contributed by atoms with E-state index in [1.54, 1.807) is 0 Å². The van der Waals surface area contributed by atoms with Crippen molar-refractivity contribution in [3.63, 3.8) is 0 Å². The zero-order valence-corrected chi connectivity index (χ0v) is 21.9. The Morgan fingerprint density at radius 2 is 0.737 bits per heavy atom. The van der Waals surface area contributed by atoms with Crippen molar-refractivity contribution >= 4 is 21.4 Å². The molecule has 1 nitrogen and oxygen atoms in total. The Kier molecular flexibility index (Phi) is 6.80. The molecule has 0 atom stereocenters. The fourth-order valence-electron chi connectivity index (χ4n) is 5.05. The van der Waals surface area contributed by atoms with Gasteiger partial charge in [0.25, 0.3) is 0 Å². The molecule has 0 aliphatic rings. The van der Waals surface area contributed by atoms with E-state index in [1.165, 1.54) is 30.7 Å². The summed E-state index contributed by atoms with van der Waals surface area (Å²) in [5.74, 6) is 0. The summed E-state index contributed by atoms with van der Waals surface area (Å²) in [6, 6.07) is 60.9. The maximum absolute atomic E-state index is 3.68. The van der Waals surface area contributed by atoms with Crippen molar-refractivity contribution in [2.45, 2.75) is 19.6 Å².